The van der Waals surface area contributed by atoms with Crippen LogP contribution in [0.2, 0.25) is 0 Å². The second kappa shape index (κ2) is 4.82. The summed E-state index contributed by atoms with van der Waals surface area (Å²) < 4.78 is 5.33. The minimum absolute atomic E-state index is 0.0411. The lowest BCUT2D eigenvalue weighted by Gasteiger charge is -2.25. The average Bonchev–Trinajstić information content (AvgIpc) is 2.71. The van der Waals surface area contributed by atoms with Crippen LogP contribution in [0.1, 0.15) is 30.6 Å². The Hall–Kier alpha value is -1.81. The van der Waals surface area contributed by atoms with Crippen molar-refractivity contribution in [3.05, 3.63) is 36.1 Å². The lowest BCUT2D eigenvalue weighted by Crippen LogP contribution is -2.43. The predicted molar refractivity (Wildman–Crippen MR) is 69.5 cm³/mol. The number of hydrogen-bond acceptors (Lipinski definition) is 3. The molecule has 0 aliphatic heterocycles. The van der Waals surface area contributed by atoms with Crippen LogP contribution in [0, 0.1) is 0 Å². The minimum atomic E-state index is -0.440. The number of carbonyl (C=O) groups excluding carboxylic acids is 1. The molecule has 1 amide bonds. The summed E-state index contributed by atoms with van der Waals surface area (Å²) >= 11 is 0. The van der Waals surface area contributed by atoms with Gasteiger partial charge >= 0.3 is 0 Å². The Labute approximate surface area is 106 Å². The van der Waals surface area contributed by atoms with E-state index in [1.807, 2.05) is 38.1 Å². The van der Waals surface area contributed by atoms with Gasteiger partial charge in [0.2, 0.25) is 0 Å². The van der Waals surface area contributed by atoms with E-state index in [4.69, 9.17) is 9.52 Å². The van der Waals surface area contributed by atoms with Gasteiger partial charge in [0.1, 0.15) is 11.8 Å². The molecule has 2 aromatic rings. The highest BCUT2D eigenvalue weighted by atomic mass is 16.3. The molecule has 0 saturated carbocycles. The Balaban J connectivity index is 2.24. The second-order valence-electron chi connectivity index (χ2n) is 4.96. The van der Waals surface area contributed by atoms with E-state index in [0.717, 1.165) is 5.39 Å². The summed E-state index contributed by atoms with van der Waals surface area (Å²) in [5.41, 5.74) is 0.781. The van der Waals surface area contributed by atoms with Gasteiger partial charge in [-0.2, -0.15) is 0 Å². The average molecular weight is 247 g/mol. The molecule has 1 aromatic carbocycles. The summed E-state index contributed by atoms with van der Waals surface area (Å²) in [6, 6.07) is 7.41. The van der Waals surface area contributed by atoms with Crippen LogP contribution in [0.15, 0.2) is 34.9 Å². The maximum absolute atomic E-state index is 12.2. The Morgan fingerprint density at radius 1 is 1.39 bits per heavy atom. The van der Waals surface area contributed by atoms with Gasteiger partial charge in [-0.05, 0) is 26.3 Å². The summed E-state index contributed by atoms with van der Waals surface area (Å²) in [5.74, 6) is -0.182. The molecule has 0 aliphatic rings. The zero-order valence-electron chi connectivity index (χ0n) is 10.6. The van der Waals surface area contributed by atoms with Crippen LogP contribution in [-0.4, -0.2) is 23.2 Å². The molecule has 2 rings (SSSR count). The van der Waals surface area contributed by atoms with Gasteiger partial charge in [-0.3, -0.25) is 4.79 Å². The number of aliphatic hydroxyl groups is 1. The predicted octanol–water partition coefficient (Wildman–Crippen LogP) is 2.32. The van der Waals surface area contributed by atoms with Crippen molar-refractivity contribution in [3.8, 4) is 0 Å². The lowest BCUT2D eigenvalue weighted by molar-refractivity contribution is 0.0900. The molecule has 4 heteroatoms. The first kappa shape index (κ1) is 12.6. The van der Waals surface area contributed by atoms with Gasteiger partial charge in [-0.1, -0.05) is 18.2 Å². The van der Waals surface area contributed by atoms with E-state index in [1.165, 1.54) is 6.26 Å². The van der Waals surface area contributed by atoms with E-state index in [2.05, 4.69) is 5.32 Å². The molecule has 2 N–H and O–H groups in total. The smallest absolute Gasteiger partial charge is 0.255 e. The van der Waals surface area contributed by atoms with Gasteiger partial charge in [0.25, 0.3) is 5.91 Å². The fourth-order valence-electron chi connectivity index (χ4n) is 1.87. The first-order valence-electron chi connectivity index (χ1n) is 5.93. The van der Waals surface area contributed by atoms with Gasteiger partial charge in [-0.25, -0.2) is 0 Å². The maximum atomic E-state index is 12.2. The van der Waals surface area contributed by atoms with Gasteiger partial charge in [0, 0.05) is 17.5 Å². The molecule has 0 fully saturated rings. The van der Waals surface area contributed by atoms with E-state index >= 15 is 0 Å². The number of nitrogens with one attached hydrogen (secondary N) is 1. The largest absolute Gasteiger partial charge is 0.463 e. The molecule has 0 radical (unpaired) electrons. The molecule has 4 nitrogen and oxygen atoms in total. The second-order valence-corrected chi connectivity index (χ2v) is 4.96. The summed E-state index contributed by atoms with van der Waals surface area (Å²) in [5, 5.41) is 12.6. The van der Waals surface area contributed by atoms with E-state index in [-0.39, 0.29) is 12.5 Å². The summed E-state index contributed by atoms with van der Waals surface area (Å²) in [6.07, 6.45) is 1.98. The highest BCUT2D eigenvalue weighted by Crippen LogP contribution is 2.21. The van der Waals surface area contributed by atoms with Crippen LogP contribution < -0.4 is 5.32 Å². The molecule has 18 heavy (non-hydrogen) atoms. The molecule has 96 valence electrons. The molecular weight excluding hydrogens is 230 g/mol. The molecule has 0 spiro atoms. The monoisotopic (exact) mass is 247 g/mol. The Bertz CT molecular complexity index is 557. The zero-order valence-corrected chi connectivity index (χ0v) is 10.6. The fourth-order valence-corrected chi connectivity index (χ4v) is 1.87. The number of fused-ring (bicyclic) bond motifs is 1. The lowest BCUT2D eigenvalue weighted by atomic mass is 10.0. The third kappa shape index (κ3) is 2.54. The van der Waals surface area contributed by atoms with Crippen LogP contribution in [0.5, 0.6) is 0 Å². The molecule has 0 unspecified atom stereocenters. The Morgan fingerprint density at radius 2 is 2.11 bits per heavy atom. The highest BCUT2D eigenvalue weighted by molar-refractivity contribution is 6.06. The number of para-hydroxylation sites is 1. The van der Waals surface area contributed by atoms with Crippen LogP contribution in [0.25, 0.3) is 11.0 Å². The molecule has 0 bridgehead atoms. The number of amides is 1. The van der Waals surface area contributed by atoms with Crippen LogP contribution in [-0.2, 0) is 0 Å². The van der Waals surface area contributed by atoms with Crippen molar-refractivity contribution in [2.75, 3.05) is 6.61 Å². The van der Waals surface area contributed by atoms with Crippen LogP contribution >= 0.6 is 0 Å². The van der Waals surface area contributed by atoms with Crippen molar-refractivity contribution in [2.24, 2.45) is 0 Å². The topological polar surface area (TPSA) is 62.5 Å². The van der Waals surface area contributed by atoms with Crippen molar-refractivity contribution < 1.29 is 14.3 Å². The SMILES string of the molecule is CC(C)(CCO)NC(=O)c1coc2ccccc12. The van der Waals surface area contributed by atoms with Crippen molar-refractivity contribution in [3.63, 3.8) is 0 Å². The van der Waals surface area contributed by atoms with Crippen molar-refractivity contribution >= 4 is 16.9 Å². The number of furan rings is 1. The normalized spacial score (nSPS) is 11.7. The number of carbonyl (C=O) groups is 1. The molecule has 0 saturated heterocycles. The standard InChI is InChI=1S/C14H17NO3/c1-14(2,7-8-16)15-13(17)11-9-18-12-6-4-3-5-10(11)12/h3-6,9,16H,7-8H2,1-2H3,(H,15,17). The number of benzene rings is 1. The molecule has 1 heterocycles. The van der Waals surface area contributed by atoms with Gasteiger partial charge < -0.3 is 14.8 Å². The molecular formula is C14H17NO3. The molecule has 0 atom stereocenters. The highest BCUT2D eigenvalue weighted by Gasteiger charge is 2.22. The molecule has 1 aromatic heterocycles. The van der Waals surface area contributed by atoms with Crippen LogP contribution in [0.4, 0.5) is 0 Å². The first-order chi connectivity index (χ1) is 8.53. The fraction of sp³-hybridized carbons (Fsp3) is 0.357. The summed E-state index contributed by atoms with van der Waals surface area (Å²) in [6.45, 7) is 3.80. The van der Waals surface area contributed by atoms with Crippen molar-refractivity contribution in [1.82, 2.24) is 5.32 Å². The third-order valence-electron chi connectivity index (χ3n) is 2.91. The van der Waals surface area contributed by atoms with E-state index in [0.29, 0.717) is 17.6 Å². The van der Waals surface area contributed by atoms with Gasteiger partial charge in [-0.15, -0.1) is 0 Å². The quantitative estimate of drug-likeness (QED) is 0.871. The van der Waals surface area contributed by atoms with E-state index in [1.54, 1.807) is 0 Å². The van der Waals surface area contributed by atoms with Crippen LogP contribution in [0.3, 0.4) is 0 Å². The Kier molecular flexibility index (Phi) is 3.39. The van der Waals surface area contributed by atoms with Crippen molar-refractivity contribution in [2.45, 2.75) is 25.8 Å². The summed E-state index contributed by atoms with van der Waals surface area (Å²) in [4.78, 5) is 12.2. The van der Waals surface area contributed by atoms with E-state index < -0.39 is 5.54 Å². The van der Waals surface area contributed by atoms with Gasteiger partial charge in [0.05, 0.1) is 5.56 Å². The first-order valence-corrected chi connectivity index (χ1v) is 5.93. The van der Waals surface area contributed by atoms with Gasteiger partial charge in [0.15, 0.2) is 0 Å². The number of hydrogen-bond donors (Lipinski definition) is 2. The zero-order chi connectivity index (χ0) is 13.2. The molecule has 0 aliphatic carbocycles. The number of aliphatic hydroxyl groups excluding tert-OH is 1. The Morgan fingerprint density at radius 3 is 2.83 bits per heavy atom. The van der Waals surface area contributed by atoms with Crippen molar-refractivity contribution in [1.29, 1.82) is 0 Å². The number of rotatable bonds is 4. The maximum Gasteiger partial charge on any atom is 0.255 e. The third-order valence-corrected chi connectivity index (χ3v) is 2.91. The summed E-state index contributed by atoms with van der Waals surface area (Å²) in [7, 11) is 0. The van der Waals surface area contributed by atoms with E-state index in [9.17, 15) is 4.79 Å². The minimum Gasteiger partial charge on any atom is -0.463 e.